The van der Waals surface area contributed by atoms with E-state index in [0.717, 1.165) is 0 Å². The topological polar surface area (TPSA) is 40.5 Å². The minimum Gasteiger partial charge on any atom is -0.465 e. The first-order chi connectivity index (χ1) is 5.70. The zero-order valence-corrected chi connectivity index (χ0v) is 7.36. The van der Waals surface area contributed by atoms with Crippen LogP contribution in [0.5, 0.6) is 0 Å². The molecular weight excluding hydrogens is 154 g/mol. The Hall–Kier alpha value is -0.730. The maximum atomic E-state index is 10.7. The number of nitrogens with zero attached hydrogens (tertiary/aromatic N) is 1. The molecule has 12 heavy (non-hydrogen) atoms. The van der Waals surface area contributed by atoms with Crippen molar-refractivity contribution in [2.24, 2.45) is 11.8 Å². The Bertz CT molecular complexity index is 185. The van der Waals surface area contributed by atoms with Crippen molar-refractivity contribution >= 4 is 6.09 Å². The molecule has 1 N–H and O–H groups in total. The van der Waals surface area contributed by atoms with Gasteiger partial charge in [0.2, 0.25) is 0 Å². The van der Waals surface area contributed by atoms with E-state index in [1.54, 1.807) is 7.05 Å². The van der Waals surface area contributed by atoms with Crippen LogP contribution in [0.25, 0.3) is 0 Å². The van der Waals surface area contributed by atoms with Gasteiger partial charge in [-0.3, -0.25) is 0 Å². The van der Waals surface area contributed by atoms with E-state index in [1.165, 1.54) is 30.6 Å². The van der Waals surface area contributed by atoms with Crippen LogP contribution < -0.4 is 0 Å². The standard InChI is InChI=1S/C9H15NO2/c1-10(9(11)12)8-6-2-3-7(8)5-4-6/h6-8H,2-5H2,1H3,(H,11,12). The third-order valence-electron chi connectivity index (χ3n) is 3.53. The molecule has 2 bridgehead atoms. The summed E-state index contributed by atoms with van der Waals surface area (Å²) in [5, 5.41) is 8.83. The molecule has 0 unspecified atom stereocenters. The van der Waals surface area contributed by atoms with E-state index < -0.39 is 6.09 Å². The van der Waals surface area contributed by atoms with Gasteiger partial charge in [0, 0.05) is 13.1 Å². The molecule has 3 nitrogen and oxygen atoms in total. The highest BCUT2D eigenvalue weighted by Crippen LogP contribution is 2.46. The van der Waals surface area contributed by atoms with Crippen LogP contribution in [-0.2, 0) is 0 Å². The normalized spacial score (nSPS) is 38.6. The highest BCUT2D eigenvalue weighted by Gasteiger charge is 2.44. The molecule has 0 aliphatic heterocycles. The molecule has 0 atom stereocenters. The molecule has 0 saturated heterocycles. The quantitative estimate of drug-likeness (QED) is 0.650. The lowest BCUT2D eigenvalue weighted by Gasteiger charge is -2.25. The molecule has 2 saturated carbocycles. The SMILES string of the molecule is CN(C(=O)O)C1C2CCC1CC2. The average molecular weight is 169 g/mol. The number of carbonyl (C=O) groups is 1. The van der Waals surface area contributed by atoms with Crippen LogP contribution in [0, 0.1) is 11.8 Å². The first kappa shape index (κ1) is 7.90. The Kier molecular flexibility index (Phi) is 1.74. The Morgan fingerprint density at radius 1 is 1.25 bits per heavy atom. The highest BCUT2D eigenvalue weighted by atomic mass is 16.4. The van der Waals surface area contributed by atoms with Gasteiger partial charge >= 0.3 is 6.09 Å². The number of rotatable bonds is 1. The number of fused-ring (bicyclic) bond motifs is 2. The van der Waals surface area contributed by atoms with Crippen LogP contribution in [0.1, 0.15) is 25.7 Å². The Morgan fingerprint density at radius 3 is 2.00 bits per heavy atom. The van der Waals surface area contributed by atoms with Gasteiger partial charge in [-0.25, -0.2) is 4.79 Å². The molecule has 2 aliphatic carbocycles. The van der Waals surface area contributed by atoms with E-state index in [-0.39, 0.29) is 0 Å². The fourth-order valence-electron chi connectivity index (χ4n) is 2.97. The summed E-state index contributed by atoms with van der Waals surface area (Å²) in [4.78, 5) is 12.3. The van der Waals surface area contributed by atoms with Crippen LogP contribution in [0.2, 0.25) is 0 Å². The van der Waals surface area contributed by atoms with E-state index in [4.69, 9.17) is 5.11 Å². The zero-order chi connectivity index (χ0) is 8.72. The summed E-state index contributed by atoms with van der Waals surface area (Å²) < 4.78 is 0. The molecule has 0 radical (unpaired) electrons. The summed E-state index contributed by atoms with van der Waals surface area (Å²) in [6.07, 6.45) is 4.21. The molecule has 0 aromatic rings. The van der Waals surface area contributed by atoms with Gasteiger partial charge in [0.1, 0.15) is 0 Å². The van der Waals surface area contributed by atoms with Gasteiger partial charge in [-0.05, 0) is 37.5 Å². The Balaban J connectivity index is 2.09. The largest absolute Gasteiger partial charge is 0.465 e. The van der Waals surface area contributed by atoms with Crippen molar-refractivity contribution in [3.63, 3.8) is 0 Å². The predicted octanol–water partition coefficient (Wildman–Crippen LogP) is 1.78. The average Bonchev–Trinajstić information content (AvgIpc) is 2.61. The third kappa shape index (κ3) is 0.993. The molecule has 0 spiro atoms. The molecule has 2 rings (SSSR count). The number of amides is 1. The molecule has 0 heterocycles. The van der Waals surface area contributed by atoms with Crippen molar-refractivity contribution in [3.05, 3.63) is 0 Å². The van der Waals surface area contributed by atoms with Gasteiger partial charge in [0.15, 0.2) is 0 Å². The smallest absolute Gasteiger partial charge is 0.407 e. The van der Waals surface area contributed by atoms with Crippen LogP contribution in [-0.4, -0.2) is 29.2 Å². The lowest BCUT2D eigenvalue weighted by Crippen LogP contribution is -2.39. The van der Waals surface area contributed by atoms with Crippen molar-refractivity contribution in [2.45, 2.75) is 31.7 Å². The van der Waals surface area contributed by atoms with Crippen molar-refractivity contribution in [1.29, 1.82) is 0 Å². The monoisotopic (exact) mass is 169 g/mol. The number of hydrogen-bond donors (Lipinski definition) is 1. The van der Waals surface area contributed by atoms with Gasteiger partial charge in [-0.2, -0.15) is 0 Å². The molecule has 0 aromatic carbocycles. The Morgan fingerprint density at radius 2 is 1.67 bits per heavy atom. The Labute approximate surface area is 72.4 Å². The predicted molar refractivity (Wildman–Crippen MR) is 45.0 cm³/mol. The van der Waals surface area contributed by atoms with Gasteiger partial charge < -0.3 is 10.0 Å². The first-order valence-corrected chi connectivity index (χ1v) is 4.66. The van der Waals surface area contributed by atoms with Gasteiger partial charge in [-0.1, -0.05) is 0 Å². The van der Waals surface area contributed by atoms with Crippen molar-refractivity contribution in [3.8, 4) is 0 Å². The second kappa shape index (κ2) is 2.64. The third-order valence-corrected chi connectivity index (χ3v) is 3.53. The summed E-state index contributed by atoms with van der Waals surface area (Å²) in [5.74, 6) is 1.33. The van der Waals surface area contributed by atoms with Gasteiger partial charge in [0.05, 0.1) is 0 Å². The fraction of sp³-hybridized carbons (Fsp3) is 0.889. The van der Waals surface area contributed by atoms with E-state index in [2.05, 4.69) is 0 Å². The van der Waals surface area contributed by atoms with E-state index in [1.807, 2.05) is 0 Å². The minimum absolute atomic E-state index is 0.336. The maximum Gasteiger partial charge on any atom is 0.407 e. The molecule has 2 fully saturated rings. The second-order valence-corrected chi connectivity index (χ2v) is 4.06. The molecular formula is C9H15NO2. The zero-order valence-electron chi connectivity index (χ0n) is 7.36. The van der Waals surface area contributed by atoms with Crippen LogP contribution in [0.15, 0.2) is 0 Å². The fourth-order valence-corrected chi connectivity index (χ4v) is 2.97. The maximum absolute atomic E-state index is 10.7. The molecule has 2 aliphatic rings. The lowest BCUT2D eigenvalue weighted by atomic mass is 10.0. The molecule has 0 aromatic heterocycles. The first-order valence-electron chi connectivity index (χ1n) is 4.66. The van der Waals surface area contributed by atoms with Crippen LogP contribution in [0.4, 0.5) is 4.79 Å². The van der Waals surface area contributed by atoms with Crippen LogP contribution in [0.3, 0.4) is 0 Å². The minimum atomic E-state index is -0.765. The molecule has 1 amide bonds. The van der Waals surface area contributed by atoms with Crippen molar-refractivity contribution < 1.29 is 9.90 Å². The van der Waals surface area contributed by atoms with Crippen molar-refractivity contribution in [2.75, 3.05) is 7.05 Å². The number of hydrogen-bond acceptors (Lipinski definition) is 1. The van der Waals surface area contributed by atoms with E-state index in [9.17, 15) is 4.79 Å². The number of carboxylic acid groups (broad SMARTS) is 1. The van der Waals surface area contributed by atoms with Gasteiger partial charge in [0.25, 0.3) is 0 Å². The second-order valence-electron chi connectivity index (χ2n) is 4.06. The van der Waals surface area contributed by atoms with E-state index in [0.29, 0.717) is 17.9 Å². The summed E-state index contributed by atoms with van der Waals surface area (Å²) in [7, 11) is 1.71. The summed E-state index contributed by atoms with van der Waals surface area (Å²) >= 11 is 0. The van der Waals surface area contributed by atoms with Gasteiger partial charge in [-0.15, -0.1) is 0 Å². The summed E-state index contributed by atoms with van der Waals surface area (Å²) in [5.41, 5.74) is 0. The summed E-state index contributed by atoms with van der Waals surface area (Å²) in [6, 6.07) is 0.336. The van der Waals surface area contributed by atoms with Crippen molar-refractivity contribution in [1.82, 2.24) is 4.90 Å². The van der Waals surface area contributed by atoms with E-state index >= 15 is 0 Å². The lowest BCUT2D eigenvalue weighted by molar-refractivity contribution is 0.126. The molecule has 68 valence electrons. The molecule has 3 heteroatoms. The highest BCUT2D eigenvalue weighted by molar-refractivity contribution is 5.65. The van der Waals surface area contributed by atoms with Crippen LogP contribution >= 0.6 is 0 Å². The summed E-state index contributed by atoms with van der Waals surface area (Å²) in [6.45, 7) is 0.